The number of rotatable bonds is 2. The van der Waals surface area contributed by atoms with Gasteiger partial charge in [0.1, 0.15) is 11.9 Å². The molecule has 0 unspecified atom stereocenters. The minimum absolute atomic E-state index is 0.273. The van der Waals surface area contributed by atoms with Crippen molar-refractivity contribution in [2.75, 3.05) is 13.1 Å². The monoisotopic (exact) mass is 439 g/mol. The molecule has 0 saturated heterocycles. The molecule has 4 aromatic rings. The lowest BCUT2D eigenvalue weighted by Crippen LogP contribution is -2.39. The first-order valence-corrected chi connectivity index (χ1v) is 11.0. The third-order valence-corrected chi connectivity index (χ3v) is 5.83. The van der Waals surface area contributed by atoms with Gasteiger partial charge in [-0.2, -0.15) is 5.26 Å². The number of nitriles is 1. The van der Waals surface area contributed by atoms with Gasteiger partial charge in [0.15, 0.2) is 0 Å². The molecular formula is C26H25N5O2. The number of nitrogens with zero attached hydrogens (tertiary/aromatic N) is 4. The van der Waals surface area contributed by atoms with E-state index in [2.05, 4.69) is 40.3 Å². The zero-order chi connectivity index (χ0) is 23.2. The molecule has 0 fully saturated rings. The van der Waals surface area contributed by atoms with Crippen LogP contribution < -0.4 is 0 Å². The Labute approximate surface area is 191 Å². The molecule has 0 radical (unpaired) electrons. The highest BCUT2D eigenvalue weighted by molar-refractivity contribution is 5.94. The molecule has 7 heteroatoms. The number of H-pyrrole nitrogens is 1. The van der Waals surface area contributed by atoms with Crippen LogP contribution >= 0.6 is 0 Å². The summed E-state index contributed by atoms with van der Waals surface area (Å²) in [4.78, 5) is 22.0. The first-order chi connectivity index (χ1) is 15.8. The fourth-order valence-corrected chi connectivity index (χ4v) is 4.22. The third-order valence-electron chi connectivity index (χ3n) is 5.83. The summed E-state index contributed by atoms with van der Waals surface area (Å²) in [6, 6.07) is 14.0. The molecule has 3 heterocycles. The second-order valence-corrected chi connectivity index (χ2v) is 9.27. The summed E-state index contributed by atoms with van der Waals surface area (Å²) in [6.07, 6.45) is 6.43. The van der Waals surface area contributed by atoms with Crippen molar-refractivity contribution in [1.29, 1.82) is 5.26 Å². The maximum absolute atomic E-state index is 12.4. The number of ether oxygens (including phenoxy) is 1. The molecule has 33 heavy (non-hydrogen) atoms. The largest absolute Gasteiger partial charge is 0.444 e. The second kappa shape index (κ2) is 7.82. The lowest BCUT2D eigenvalue weighted by molar-refractivity contribution is 0.0270. The van der Waals surface area contributed by atoms with Gasteiger partial charge in [-0.1, -0.05) is 6.08 Å². The summed E-state index contributed by atoms with van der Waals surface area (Å²) in [5.41, 5.74) is 6.26. The Morgan fingerprint density at radius 1 is 1.21 bits per heavy atom. The van der Waals surface area contributed by atoms with E-state index < -0.39 is 5.60 Å². The first-order valence-electron chi connectivity index (χ1n) is 11.0. The van der Waals surface area contributed by atoms with Crippen molar-refractivity contribution in [2.45, 2.75) is 32.8 Å². The number of amides is 1. The van der Waals surface area contributed by atoms with E-state index in [1.807, 2.05) is 43.7 Å². The molecular weight excluding hydrogens is 414 g/mol. The molecule has 1 aliphatic rings. The number of carbonyl (C=O) groups excluding carboxylic acids is 1. The number of hydrogen-bond donors (Lipinski definition) is 1. The zero-order valence-corrected chi connectivity index (χ0v) is 18.9. The van der Waals surface area contributed by atoms with Crippen LogP contribution in [0.5, 0.6) is 0 Å². The van der Waals surface area contributed by atoms with Crippen LogP contribution in [0.1, 0.15) is 38.3 Å². The van der Waals surface area contributed by atoms with Gasteiger partial charge in [-0.25, -0.2) is 9.78 Å². The van der Waals surface area contributed by atoms with Crippen LogP contribution in [0.25, 0.3) is 33.2 Å². The van der Waals surface area contributed by atoms with Crippen molar-refractivity contribution in [3.8, 4) is 11.8 Å². The molecule has 0 atom stereocenters. The molecule has 2 aromatic carbocycles. The summed E-state index contributed by atoms with van der Waals surface area (Å²) >= 11 is 0. The number of carbonyl (C=O) groups is 1. The van der Waals surface area contributed by atoms with Gasteiger partial charge in [0, 0.05) is 41.4 Å². The van der Waals surface area contributed by atoms with Crippen LogP contribution in [0.15, 0.2) is 55.0 Å². The minimum Gasteiger partial charge on any atom is -0.444 e. The van der Waals surface area contributed by atoms with Gasteiger partial charge in [-0.15, -0.1) is 0 Å². The molecule has 166 valence electrons. The van der Waals surface area contributed by atoms with Gasteiger partial charge in [0.25, 0.3) is 0 Å². The van der Waals surface area contributed by atoms with Gasteiger partial charge in [0.2, 0.25) is 0 Å². The number of benzene rings is 2. The van der Waals surface area contributed by atoms with Crippen LogP contribution in [-0.4, -0.2) is 44.2 Å². The average Bonchev–Trinajstić information content (AvgIpc) is 3.41. The SMILES string of the molecule is CC(C)(C)OC(=O)N1CC=C(c2c[nH]c3ccc(-n4cnc5cc(C#N)ccc54)cc23)CC1. The van der Waals surface area contributed by atoms with Gasteiger partial charge in [-0.3, -0.25) is 4.57 Å². The summed E-state index contributed by atoms with van der Waals surface area (Å²) in [7, 11) is 0. The van der Waals surface area contributed by atoms with E-state index in [1.54, 1.807) is 17.3 Å². The Kier molecular flexibility index (Phi) is 4.94. The molecule has 0 bridgehead atoms. The maximum Gasteiger partial charge on any atom is 0.410 e. The van der Waals surface area contributed by atoms with Crippen LogP contribution in [0.4, 0.5) is 4.79 Å². The van der Waals surface area contributed by atoms with Crippen LogP contribution in [0.3, 0.4) is 0 Å². The molecule has 5 rings (SSSR count). The number of hydrogen-bond acceptors (Lipinski definition) is 4. The predicted octanol–water partition coefficient (Wildman–Crippen LogP) is 5.40. The quantitative estimate of drug-likeness (QED) is 0.453. The first kappa shape index (κ1) is 20.8. The molecule has 1 aliphatic heterocycles. The summed E-state index contributed by atoms with van der Waals surface area (Å²) in [5.74, 6) is 0. The maximum atomic E-state index is 12.4. The van der Waals surface area contributed by atoms with E-state index in [-0.39, 0.29) is 6.09 Å². The van der Waals surface area contributed by atoms with Gasteiger partial charge in [0.05, 0.1) is 22.7 Å². The van der Waals surface area contributed by atoms with Gasteiger partial charge in [-0.05, 0) is 69.2 Å². The van der Waals surface area contributed by atoms with Crippen LogP contribution in [0, 0.1) is 11.3 Å². The van der Waals surface area contributed by atoms with E-state index in [0.717, 1.165) is 39.6 Å². The summed E-state index contributed by atoms with van der Waals surface area (Å²) in [5, 5.41) is 10.3. The van der Waals surface area contributed by atoms with E-state index >= 15 is 0 Å². The number of aromatic nitrogens is 3. The fourth-order valence-electron chi connectivity index (χ4n) is 4.22. The van der Waals surface area contributed by atoms with Crippen molar-refractivity contribution in [1.82, 2.24) is 19.4 Å². The Morgan fingerprint density at radius 3 is 2.79 bits per heavy atom. The van der Waals surface area contributed by atoms with Crippen LogP contribution in [-0.2, 0) is 4.74 Å². The Morgan fingerprint density at radius 2 is 2.06 bits per heavy atom. The van der Waals surface area contributed by atoms with Gasteiger partial charge >= 0.3 is 6.09 Å². The summed E-state index contributed by atoms with van der Waals surface area (Å²) in [6.45, 7) is 6.80. The van der Waals surface area contributed by atoms with Crippen molar-refractivity contribution in [3.63, 3.8) is 0 Å². The van der Waals surface area contributed by atoms with E-state index in [0.29, 0.717) is 18.7 Å². The normalized spacial score (nSPS) is 14.4. The van der Waals surface area contributed by atoms with Gasteiger partial charge < -0.3 is 14.6 Å². The van der Waals surface area contributed by atoms with Crippen molar-refractivity contribution in [3.05, 3.63) is 66.1 Å². The second-order valence-electron chi connectivity index (χ2n) is 9.27. The number of aromatic amines is 1. The number of nitrogens with one attached hydrogen (secondary N) is 1. The molecule has 1 amide bonds. The Bertz CT molecular complexity index is 1450. The highest BCUT2D eigenvalue weighted by Crippen LogP contribution is 2.32. The van der Waals surface area contributed by atoms with E-state index in [9.17, 15) is 4.79 Å². The zero-order valence-electron chi connectivity index (χ0n) is 18.9. The smallest absolute Gasteiger partial charge is 0.410 e. The van der Waals surface area contributed by atoms with E-state index in [4.69, 9.17) is 10.00 Å². The highest BCUT2D eigenvalue weighted by Gasteiger charge is 2.24. The average molecular weight is 440 g/mol. The molecule has 1 N–H and O–H groups in total. The van der Waals surface area contributed by atoms with E-state index in [1.165, 1.54) is 5.57 Å². The number of fused-ring (bicyclic) bond motifs is 2. The molecule has 0 spiro atoms. The fraction of sp³-hybridized carbons (Fsp3) is 0.269. The van der Waals surface area contributed by atoms with Crippen molar-refractivity contribution in [2.24, 2.45) is 0 Å². The topological polar surface area (TPSA) is 86.9 Å². The lowest BCUT2D eigenvalue weighted by atomic mass is 9.99. The lowest BCUT2D eigenvalue weighted by Gasteiger charge is -2.29. The van der Waals surface area contributed by atoms with Crippen molar-refractivity contribution >= 4 is 33.6 Å². The minimum atomic E-state index is -0.498. The Balaban J connectivity index is 1.45. The molecule has 0 aliphatic carbocycles. The molecule has 2 aromatic heterocycles. The highest BCUT2D eigenvalue weighted by atomic mass is 16.6. The Hall–Kier alpha value is -4.05. The molecule has 0 saturated carbocycles. The van der Waals surface area contributed by atoms with Crippen molar-refractivity contribution < 1.29 is 9.53 Å². The molecule has 7 nitrogen and oxygen atoms in total. The predicted molar refractivity (Wildman–Crippen MR) is 128 cm³/mol. The summed E-state index contributed by atoms with van der Waals surface area (Å²) < 4.78 is 7.54. The third kappa shape index (κ3) is 3.96. The number of imidazole rings is 1. The standard InChI is InChI=1S/C26H25N5O2/c1-26(2,3)33-25(32)30-10-8-18(9-11-30)21-15-28-22-6-5-19(13-20(21)22)31-16-29-23-12-17(14-27)4-7-24(23)31/h4-8,12-13,15-16,28H,9-11H2,1-3H3. The van der Waals surface area contributed by atoms with Crippen LogP contribution in [0.2, 0.25) is 0 Å².